The second kappa shape index (κ2) is 7.23. The van der Waals surface area contributed by atoms with Gasteiger partial charge in [-0.3, -0.25) is 4.98 Å². The molecule has 112 valence electrons. The molecule has 0 radical (unpaired) electrons. The van der Waals surface area contributed by atoms with E-state index in [0.29, 0.717) is 0 Å². The first-order valence-corrected chi connectivity index (χ1v) is 7.37. The van der Waals surface area contributed by atoms with Gasteiger partial charge in [0.25, 0.3) is 0 Å². The van der Waals surface area contributed by atoms with Gasteiger partial charge in [0.2, 0.25) is 0 Å². The van der Waals surface area contributed by atoms with Crippen LogP contribution in [0.3, 0.4) is 0 Å². The van der Waals surface area contributed by atoms with Crippen LogP contribution in [0.15, 0.2) is 30.5 Å². The van der Waals surface area contributed by atoms with Crippen LogP contribution in [0.1, 0.15) is 27.9 Å². The van der Waals surface area contributed by atoms with Crippen LogP contribution in [0.25, 0.3) is 0 Å². The van der Waals surface area contributed by atoms with Crippen LogP contribution in [0.5, 0.6) is 5.75 Å². The number of aryl methyl sites for hydroxylation is 2. The van der Waals surface area contributed by atoms with Crippen molar-refractivity contribution in [2.75, 3.05) is 13.7 Å². The van der Waals surface area contributed by atoms with Gasteiger partial charge < -0.3 is 10.1 Å². The zero-order valence-electron chi connectivity index (χ0n) is 13.4. The Morgan fingerprint density at radius 3 is 2.57 bits per heavy atom. The van der Waals surface area contributed by atoms with E-state index < -0.39 is 0 Å². The van der Waals surface area contributed by atoms with Gasteiger partial charge in [-0.2, -0.15) is 0 Å². The zero-order valence-corrected chi connectivity index (χ0v) is 13.4. The Morgan fingerprint density at radius 1 is 1.10 bits per heavy atom. The van der Waals surface area contributed by atoms with Crippen molar-refractivity contribution in [2.24, 2.45) is 0 Å². The van der Waals surface area contributed by atoms with Gasteiger partial charge in [0.05, 0.1) is 12.8 Å². The van der Waals surface area contributed by atoms with Gasteiger partial charge in [0, 0.05) is 23.9 Å². The summed E-state index contributed by atoms with van der Waals surface area (Å²) in [6, 6.07) is 8.53. The molecule has 3 nitrogen and oxygen atoms in total. The summed E-state index contributed by atoms with van der Waals surface area (Å²) >= 11 is 0. The molecule has 1 heterocycles. The molecule has 1 aromatic carbocycles. The van der Waals surface area contributed by atoms with Gasteiger partial charge in [-0.15, -0.1) is 0 Å². The molecule has 0 saturated heterocycles. The second-order valence-electron chi connectivity index (χ2n) is 5.40. The van der Waals surface area contributed by atoms with Crippen molar-refractivity contribution in [2.45, 2.75) is 33.7 Å². The number of pyridine rings is 1. The van der Waals surface area contributed by atoms with E-state index in [1.165, 1.54) is 11.1 Å². The van der Waals surface area contributed by atoms with Crippen molar-refractivity contribution in [3.8, 4) is 5.75 Å². The average Bonchev–Trinajstić information content (AvgIpc) is 2.48. The monoisotopic (exact) mass is 284 g/mol. The van der Waals surface area contributed by atoms with E-state index in [4.69, 9.17) is 4.74 Å². The first-order chi connectivity index (χ1) is 10.1. The van der Waals surface area contributed by atoms with Gasteiger partial charge in [0.1, 0.15) is 5.75 Å². The maximum atomic E-state index is 5.44. The fraction of sp³-hybridized carbons (Fsp3) is 0.389. The molecule has 0 amide bonds. The van der Waals surface area contributed by atoms with Crippen molar-refractivity contribution < 1.29 is 4.74 Å². The summed E-state index contributed by atoms with van der Waals surface area (Å²) in [6.45, 7) is 7.97. The molecular weight excluding hydrogens is 260 g/mol. The highest BCUT2D eigenvalue weighted by atomic mass is 16.5. The first-order valence-electron chi connectivity index (χ1n) is 7.37. The predicted octanol–water partition coefficient (Wildman–Crippen LogP) is 3.35. The van der Waals surface area contributed by atoms with Crippen LogP contribution in [0.4, 0.5) is 0 Å². The zero-order chi connectivity index (χ0) is 15.2. The number of methoxy groups -OCH3 is 1. The summed E-state index contributed by atoms with van der Waals surface area (Å²) in [6.07, 6.45) is 2.92. The molecule has 2 rings (SSSR count). The standard InChI is InChI=1S/C18H24N2O/c1-13-7-5-6-8-16(13)9-10-19-12-17-15(3)18(21-4)14(2)11-20-17/h5-8,11,19H,9-10,12H2,1-4H3. The summed E-state index contributed by atoms with van der Waals surface area (Å²) in [5, 5.41) is 3.47. The minimum absolute atomic E-state index is 0.772. The minimum atomic E-state index is 0.772. The Balaban J connectivity index is 1.91. The summed E-state index contributed by atoms with van der Waals surface area (Å²) in [7, 11) is 1.71. The van der Waals surface area contributed by atoms with Crippen molar-refractivity contribution >= 4 is 0 Å². The van der Waals surface area contributed by atoms with Gasteiger partial charge in [0.15, 0.2) is 0 Å². The normalized spacial score (nSPS) is 10.7. The highest BCUT2D eigenvalue weighted by Gasteiger charge is 2.08. The molecule has 2 aromatic rings. The average molecular weight is 284 g/mol. The molecule has 0 spiro atoms. The third-order valence-electron chi connectivity index (χ3n) is 3.87. The Bertz CT molecular complexity index is 608. The summed E-state index contributed by atoms with van der Waals surface area (Å²) < 4.78 is 5.44. The van der Waals surface area contributed by atoms with E-state index in [-0.39, 0.29) is 0 Å². The molecule has 0 unspecified atom stereocenters. The van der Waals surface area contributed by atoms with Crippen LogP contribution in [-0.4, -0.2) is 18.6 Å². The Labute approximate surface area is 127 Å². The van der Waals surface area contributed by atoms with Crippen LogP contribution in [0.2, 0.25) is 0 Å². The lowest BCUT2D eigenvalue weighted by atomic mass is 10.1. The van der Waals surface area contributed by atoms with E-state index in [1.54, 1.807) is 7.11 Å². The quantitative estimate of drug-likeness (QED) is 0.826. The van der Waals surface area contributed by atoms with E-state index in [9.17, 15) is 0 Å². The van der Waals surface area contributed by atoms with Crippen molar-refractivity contribution in [3.05, 3.63) is 58.4 Å². The summed E-state index contributed by atoms with van der Waals surface area (Å²) in [5.41, 5.74) is 6.02. The fourth-order valence-electron chi connectivity index (χ4n) is 2.57. The molecule has 0 saturated carbocycles. The third kappa shape index (κ3) is 3.82. The molecule has 0 fully saturated rings. The number of hydrogen-bond donors (Lipinski definition) is 1. The van der Waals surface area contributed by atoms with E-state index >= 15 is 0 Å². The summed E-state index contributed by atoms with van der Waals surface area (Å²) in [5.74, 6) is 0.945. The molecular formula is C18H24N2O. The Hall–Kier alpha value is -1.87. The Morgan fingerprint density at radius 2 is 1.86 bits per heavy atom. The lowest BCUT2D eigenvalue weighted by molar-refractivity contribution is 0.406. The fourth-order valence-corrected chi connectivity index (χ4v) is 2.57. The lowest BCUT2D eigenvalue weighted by Gasteiger charge is -2.13. The SMILES string of the molecule is COc1c(C)cnc(CNCCc2ccccc2C)c1C. The third-order valence-corrected chi connectivity index (χ3v) is 3.87. The largest absolute Gasteiger partial charge is 0.496 e. The molecule has 21 heavy (non-hydrogen) atoms. The summed E-state index contributed by atoms with van der Waals surface area (Å²) in [4.78, 5) is 4.51. The van der Waals surface area contributed by atoms with Gasteiger partial charge in [-0.25, -0.2) is 0 Å². The van der Waals surface area contributed by atoms with E-state index in [2.05, 4.69) is 48.4 Å². The van der Waals surface area contributed by atoms with E-state index in [1.807, 2.05) is 13.1 Å². The molecule has 3 heteroatoms. The maximum Gasteiger partial charge on any atom is 0.128 e. The molecule has 0 bridgehead atoms. The van der Waals surface area contributed by atoms with Gasteiger partial charge >= 0.3 is 0 Å². The second-order valence-corrected chi connectivity index (χ2v) is 5.40. The van der Waals surface area contributed by atoms with E-state index in [0.717, 1.165) is 42.1 Å². The van der Waals surface area contributed by atoms with Crippen LogP contribution < -0.4 is 10.1 Å². The molecule has 0 aliphatic rings. The highest BCUT2D eigenvalue weighted by molar-refractivity contribution is 5.41. The predicted molar refractivity (Wildman–Crippen MR) is 86.9 cm³/mol. The van der Waals surface area contributed by atoms with Crippen LogP contribution in [0, 0.1) is 20.8 Å². The molecule has 1 N–H and O–H groups in total. The number of nitrogens with zero attached hydrogens (tertiary/aromatic N) is 1. The van der Waals surface area contributed by atoms with Gasteiger partial charge in [-0.1, -0.05) is 24.3 Å². The minimum Gasteiger partial charge on any atom is -0.496 e. The number of ether oxygens (including phenoxy) is 1. The van der Waals surface area contributed by atoms with Crippen LogP contribution in [-0.2, 0) is 13.0 Å². The smallest absolute Gasteiger partial charge is 0.128 e. The molecule has 0 aliphatic carbocycles. The van der Waals surface area contributed by atoms with Crippen molar-refractivity contribution in [1.29, 1.82) is 0 Å². The molecule has 0 aliphatic heterocycles. The van der Waals surface area contributed by atoms with Crippen molar-refractivity contribution in [1.82, 2.24) is 10.3 Å². The molecule has 1 aromatic heterocycles. The Kier molecular flexibility index (Phi) is 5.34. The molecule has 0 atom stereocenters. The number of aromatic nitrogens is 1. The highest BCUT2D eigenvalue weighted by Crippen LogP contribution is 2.23. The first kappa shape index (κ1) is 15.5. The number of rotatable bonds is 6. The lowest BCUT2D eigenvalue weighted by Crippen LogP contribution is -2.18. The van der Waals surface area contributed by atoms with Crippen molar-refractivity contribution in [3.63, 3.8) is 0 Å². The van der Waals surface area contributed by atoms with Crippen LogP contribution >= 0.6 is 0 Å². The van der Waals surface area contributed by atoms with Gasteiger partial charge in [-0.05, 0) is 44.9 Å². The number of nitrogens with one attached hydrogen (secondary N) is 1. The maximum absolute atomic E-state index is 5.44. The number of benzene rings is 1. The number of hydrogen-bond acceptors (Lipinski definition) is 3. The topological polar surface area (TPSA) is 34.1 Å².